The molecular formula is C20H16N4O. The number of nitrogens with one attached hydrogen (secondary N) is 2. The fourth-order valence-electron chi connectivity index (χ4n) is 2.66. The molecule has 0 spiro atoms. The van der Waals surface area contributed by atoms with Crippen LogP contribution in [0.2, 0.25) is 0 Å². The van der Waals surface area contributed by atoms with Crippen LogP contribution in [0.4, 0.5) is 11.4 Å². The van der Waals surface area contributed by atoms with Gasteiger partial charge >= 0.3 is 0 Å². The van der Waals surface area contributed by atoms with Gasteiger partial charge in [-0.15, -0.1) is 0 Å². The van der Waals surface area contributed by atoms with Crippen LogP contribution in [-0.2, 0) is 0 Å². The smallest absolute Gasteiger partial charge is 0.207 e. The van der Waals surface area contributed by atoms with Gasteiger partial charge in [-0.2, -0.15) is 5.10 Å². The van der Waals surface area contributed by atoms with Gasteiger partial charge in [-0.25, -0.2) is 4.68 Å². The molecule has 0 aliphatic heterocycles. The summed E-state index contributed by atoms with van der Waals surface area (Å²) >= 11 is 0. The number of H-pyrrole nitrogens is 1. The average Bonchev–Trinajstić information content (AvgIpc) is 3.19. The van der Waals surface area contributed by atoms with E-state index in [1.807, 2.05) is 42.5 Å². The molecular weight excluding hydrogens is 312 g/mol. The van der Waals surface area contributed by atoms with Crippen LogP contribution in [0.1, 0.15) is 0 Å². The van der Waals surface area contributed by atoms with Gasteiger partial charge in [0.1, 0.15) is 11.5 Å². The van der Waals surface area contributed by atoms with Crippen molar-refractivity contribution in [1.82, 2.24) is 14.8 Å². The van der Waals surface area contributed by atoms with E-state index in [9.17, 15) is 4.79 Å². The second-order valence-electron chi connectivity index (χ2n) is 5.62. The third-order valence-electron chi connectivity index (χ3n) is 3.90. The monoisotopic (exact) mass is 328 g/mol. The Bertz CT molecular complexity index is 1040. The summed E-state index contributed by atoms with van der Waals surface area (Å²) in [6.45, 7) is 0. The Morgan fingerprint density at radius 2 is 1.76 bits per heavy atom. The number of hydrogen-bond donors (Lipinski definition) is 2. The number of pyridine rings is 1. The highest BCUT2D eigenvalue weighted by molar-refractivity contribution is 5.70. The van der Waals surface area contributed by atoms with Gasteiger partial charge in [-0.3, -0.25) is 4.79 Å². The van der Waals surface area contributed by atoms with E-state index in [0.29, 0.717) is 11.5 Å². The Hall–Kier alpha value is -3.60. The third-order valence-corrected chi connectivity index (χ3v) is 3.90. The number of aromatic amines is 1. The third kappa shape index (κ3) is 3.21. The molecule has 0 saturated carbocycles. The minimum Gasteiger partial charge on any atom is -0.351 e. The lowest BCUT2D eigenvalue weighted by atomic mass is 10.1. The summed E-state index contributed by atoms with van der Waals surface area (Å²) in [7, 11) is 0. The molecule has 2 aromatic heterocycles. The zero-order valence-electron chi connectivity index (χ0n) is 13.4. The number of aromatic nitrogens is 3. The molecule has 0 amide bonds. The summed E-state index contributed by atoms with van der Waals surface area (Å²) in [6.07, 6.45) is 5.11. The SMILES string of the molecule is O=c1cc(-n2cccn2)[nH]cc1Nc1cccc(-c2ccccc2)c1. The molecule has 0 atom stereocenters. The molecule has 2 N–H and O–H groups in total. The highest BCUT2D eigenvalue weighted by Crippen LogP contribution is 2.23. The summed E-state index contributed by atoms with van der Waals surface area (Å²) in [4.78, 5) is 15.5. The first-order chi connectivity index (χ1) is 12.3. The highest BCUT2D eigenvalue weighted by Gasteiger charge is 2.05. The lowest BCUT2D eigenvalue weighted by molar-refractivity contribution is 0.845. The van der Waals surface area contributed by atoms with Crippen LogP contribution >= 0.6 is 0 Å². The van der Waals surface area contributed by atoms with Crippen molar-refractivity contribution in [3.63, 3.8) is 0 Å². The number of benzene rings is 2. The number of anilines is 2. The summed E-state index contributed by atoms with van der Waals surface area (Å²) < 4.78 is 1.61. The summed E-state index contributed by atoms with van der Waals surface area (Å²) in [5.74, 6) is 0.624. The van der Waals surface area contributed by atoms with Crippen LogP contribution < -0.4 is 10.7 Å². The Kier molecular flexibility index (Phi) is 3.88. The van der Waals surface area contributed by atoms with E-state index < -0.39 is 0 Å². The first-order valence-electron chi connectivity index (χ1n) is 7.95. The van der Waals surface area contributed by atoms with Crippen molar-refractivity contribution in [3.05, 3.63) is 95.5 Å². The van der Waals surface area contributed by atoms with Crippen LogP contribution in [0.15, 0.2) is 90.1 Å². The molecule has 5 heteroatoms. The molecule has 0 aliphatic rings. The molecule has 5 nitrogen and oxygen atoms in total. The van der Waals surface area contributed by atoms with Gasteiger partial charge in [0.2, 0.25) is 5.43 Å². The Balaban J connectivity index is 1.62. The van der Waals surface area contributed by atoms with Crippen molar-refractivity contribution < 1.29 is 0 Å². The van der Waals surface area contributed by atoms with Gasteiger partial charge in [0.05, 0.1) is 0 Å². The van der Waals surface area contributed by atoms with Gasteiger partial charge in [0, 0.05) is 30.3 Å². The molecule has 0 saturated heterocycles. The molecule has 2 aromatic carbocycles. The quantitative estimate of drug-likeness (QED) is 0.596. The minimum absolute atomic E-state index is 0.102. The maximum Gasteiger partial charge on any atom is 0.207 e. The van der Waals surface area contributed by atoms with Gasteiger partial charge in [0.25, 0.3) is 0 Å². The molecule has 122 valence electrons. The van der Waals surface area contributed by atoms with Crippen molar-refractivity contribution in [2.45, 2.75) is 0 Å². The normalized spacial score (nSPS) is 10.6. The van der Waals surface area contributed by atoms with E-state index in [1.54, 1.807) is 29.3 Å². The molecule has 4 rings (SSSR count). The number of nitrogens with zero attached hydrogens (tertiary/aromatic N) is 2. The number of rotatable bonds is 4. The predicted molar refractivity (Wildman–Crippen MR) is 99.3 cm³/mol. The van der Waals surface area contributed by atoms with Crippen molar-refractivity contribution in [2.24, 2.45) is 0 Å². The zero-order chi connectivity index (χ0) is 17.1. The maximum absolute atomic E-state index is 12.4. The van der Waals surface area contributed by atoms with Gasteiger partial charge in [-0.1, -0.05) is 42.5 Å². The van der Waals surface area contributed by atoms with Crippen LogP contribution in [-0.4, -0.2) is 14.8 Å². The number of hydrogen-bond acceptors (Lipinski definition) is 3. The van der Waals surface area contributed by atoms with Crippen LogP contribution in [0.5, 0.6) is 0 Å². The lowest BCUT2D eigenvalue weighted by Crippen LogP contribution is -2.11. The molecule has 2 heterocycles. The standard InChI is InChI=1S/C20H16N4O/c25-19-13-20(24-11-5-10-22-24)21-14-18(19)23-17-9-4-8-16(12-17)15-6-2-1-3-7-15/h1-14,23H,(H,21,25). The first kappa shape index (κ1) is 15.0. The second-order valence-corrected chi connectivity index (χ2v) is 5.62. The largest absolute Gasteiger partial charge is 0.351 e. The topological polar surface area (TPSA) is 62.7 Å². The summed E-state index contributed by atoms with van der Waals surface area (Å²) in [5, 5.41) is 7.29. The van der Waals surface area contributed by atoms with Gasteiger partial charge in [0.15, 0.2) is 0 Å². The van der Waals surface area contributed by atoms with E-state index in [4.69, 9.17) is 0 Å². The van der Waals surface area contributed by atoms with Crippen molar-refractivity contribution >= 4 is 11.4 Å². The van der Waals surface area contributed by atoms with E-state index in [2.05, 4.69) is 27.5 Å². The second kappa shape index (κ2) is 6.49. The van der Waals surface area contributed by atoms with E-state index >= 15 is 0 Å². The fraction of sp³-hybridized carbons (Fsp3) is 0. The predicted octanol–water partition coefficient (Wildman–Crippen LogP) is 3.97. The molecule has 0 radical (unpaired) electrons. The maximum atomic E-state index is 12.4. The molecule has 0 unspecified atom stereocenters. The van der Waals surface area contributed by atoms with E-state index in [1.165, 1.54) is 6.07 Å². The van der Waals surface area contributed by atoms with Crippen molar-refractivity contribution in [1.29, 1.82) is 0 Å². The van der Waals surface area contributed by atoms with Crippen LogP contribution in [0.25, 0.3) is 16.9 Å². The molecule has 25 heavy (non-hydrogen) atoms. The Morgan fingerprint density at radius 1 is 0.920 bits per heavy atom. The summed E-state index contributed by atoms with van der Waals surface area (Å²) in [6, 6.07) is 21.4. The Morgan fingerprint density at radius 3 is 2.52 bits per heavy atom. The van der Waals surface area contributed by atoms with Gasteiger partial charge < -0.3 is 10.3 Å². The highest BCUT2D eigenvalue weighted by atomic mass is 16.1. The van der Waals surface area contributed by atoms with Crippen LogP contribution in [0, 0.1) is 0 Å². The molecule has 4 aromatic rings. The van der Waals surface area contributed by atoms with E-state index in [-0.39, 0.29) is 5.43 Å². The molecule has 0 fully saturated rings. The Labute approximate surface area is 144 Å². The zero-order valence-corrected chi connectivity index (χ0v) is 13.4. The first-order valence-corrected chi connectivity index (χ1v) is 7.95. The fourth-order valence-corrected chi connectivity index (χ4v) is 2.66. The van der Waals surface area contributed by atoms with Gasteiger partial charge in [-0.05, 0) is 29.3 Å². The molecule has 0 aliphatic carbocycles. The van der Waals surface area contributed by atoms with Crippen molar-refractivity contribution in [2.75, 3.05) is 5.32 Å². The molecule has 0 bridgehead atoms. The minimum atomic E-state index is -0.102. The summed E-state index contributed by atoms with van der Waals surface area (Å²) in [5.41, 5.74) is 3.47. The average molecular weight is 328 g/mol. The lowest BCUT2D eigenvalue weighted by Gasteiger charge is -2.09. The van der Waals surface area contributed by atoms with Crippen LogP contribution in [0.3, 0.4) is 0 Å². The van der Waals surface area contributed by atoms with E-state index in [0.717, 1.165) is 16.8 Å². The van der Waals surface area contributed by atoms with Crippen molar-refractivity contribution in [3.8, 4) is 16.9 Å².